The van der Waals surface area contributed by atoms with Gasteiger partial charge in [0, 0.05) is 13.6 Å². The van der Waals surface area contributed by atoms with Gasteiger partial charge in [-0.15, -0.1) is 0 Å². The molecule has 0 saturated heterocycles. The van der Waals surface area contributed by atoms with Crippen molar-refractivity contribution in [1.29, 1.82) is 0 Å². The first-order valence-corrected chi connectivity index (χ1v) is 6.47. The molecule has 0 spiro atoms. The first-order valence-electron chi connectivity index (χ1n) is 6.47. The molecule has 1 aliphatic rings. The summed E-state index contributed by atoms with van der Waals surface area (Å²) in [5.74, 6) is 0.265. The highest BCUT2D eigenvalue weighted by molar-refractivity contribution is 5.99. The van der Waals surface area contributed by atoms with Gasteiger partial charge in [0.05, 0.1) is 11.3 Å². The Kier molecular flexibility index (Phi) is 4.18. The van der Waals surface area contributed by atoms with Gasteiger partial charge in [-0.1, -0.05) is 18.9 Å². The molecule has 1 amide bonds. The molecule has 0 aliphatic heterocycles. The van der Waals surface area contributed by atoms with Crippen LogP contribution in [-0.2, 0) is 0 Å². The molecular formula is C14H19FN2O. The summed E-state index contributed by atoms with van der Waals surface area (Å²) in [5.41, 5.74) is 0.626. The van der Waals surface area contributed by atoms with E-state index in [1.165, 1.54) is 25.3 Å². The van der Waals surface area contributed by atoms with Gasteiger partial charge in [-0.25, -0.2) is 4.39 Å². The van der Waals surface area contributed by atoms with Gasteiger partial charge in [0.1, 0.15) is 5.82 Å². The van der Waals surface area contributed by atoms with Gasteiger partial charge in [-0.3, -0.25) is 4.79 Å². The second-order valence-electron chi connectivity index (χ2n) is 4.75. The second-order valence-corrected chi connectivity index (χ2v) is 4.75. The zero-order valence-electron chi connectivity index (χ0n) is 10.6. The van der Waals surface area contributed by atoms with Crippen LogP contribution in [-0.4, -0.2) is 19.5 Å². The summed E-state index contributed by atoms with van der Waals surface area (Å²) < 4.78 is 13.5. The van der Waals surface area contributed by atoms with Crippen molar-refractivity contribution in [1.82, 2.24) is 5.32 Å². The standard InChI is InChI=1S/C14H19FN2O/c1-16-13-11(5-2-6-12(13)15)14(18)17-9-3-4-10-7-8-10/h2,5-6,10,16H,3-4,7-9H2,1H3,(H,17,18). The lowest BCUT2D eigenvalue weighted by molar-refractivity contribution is 0.0953. The molecule has 2 rings (SSSR count). The van der Waals surface area contributed by atoms with Crippen molar-refractivity contribution < 1.29 is 9.18 Å². The Bertz CT molecular complexity index is 430. The van der Waals surface area contributed by atoms with E-state index >= 15 is 0 Å². The molecule has 0 atom stereocenters. The number of amides is 1. The zero-order valence-corrected chi connectivity index (χ0v) is 10.6. The fourth-order valence-electron chi connectivity index (χ4n) is 2.06. The average Bonchev–Trinajstić information content (AvgIpc) is 3.18. The summed E-state index contributed by atoms with van der Waals surface area (Å²) >= 11 is 0. The number of carbonyl (C=O) groups excluding carboxylic acids is 1. The van der Waals surface area contributed by atoms with E-state index < -0.39 is 5.82 Å². The fourth-order valence-corrected chi connectivity index (χ4v) is 2.06. The van der Waals surface area contributed by atoms with Gasteiger partial charge in [0.15, 0.2) is 0 Å². The smallest absolute Gasteiger partial charge is 0.253 e. The fraction of sp³-hybridized carbons (Fsp3) is 0.500. The molecule has 3 nitrogen and oxygen atoms in total. The van der Waals surface area contributed by atoms with Crippen LogP contribution in [0.3, 0.4) is 0 Å². The first kappa shape index (κ1) is 12.9. The summed E-state index contributed by atoms with van der Waals surface area (Å²) in [6.45, 7) is 0.662. The number of hydrogen-bond donors (Lipinski definition) is 2. The van der Waals surface area contributed by atoms with Crippen molar-refractivity contribution in [3.63, 3.8) is 0 Å². The van der Waals surface area contributed by atoms with E-state index in [4.69, 9.17) is 0 Å². The zero-order chi connectivity index (χ0) is 13.0. The molecule has 98 valence electrons. The Morgan fingerprint density at radius 2 is 2.22 bits per heavy atom. The van der Waals surface area contributed by atoms with Crippen LogP contribution >= 0.6 is 0 Å². The number of anilines is 1. The van der Waals surface area contributed by atoms with Crippen molar-refractivity contribution in [3.05, 3.63) is 29.6 Å². The topological polar surface area (TPSA) is 41.1 Å². The Labute approximate surface area is 107 Å². The van der Waals surface area contributed by atoms with Crippen LogP contribution in [0.15, 0.2) is 18.2 Å². The number of para-hydroxylation sites is 1. The van der Waals surface area contributed by atoms with E-state index in [1.54, 1.807) is 19.2 Å². The van der Waals surface area contributed by atoms with Crippen LogP contribution < -0.4 is 10.6 Å². The molecule has 1 saturated carbocycles. The van der Waals surface area contributed by atoms with Gasteiger partial charge in [-0.05, 0) is 30.9 Å². The quantitative estimate of drug-likeness (QED) is 0.762. The Balaban J connectivity index is 1.88. The lowest BCUT2D eigenvalue weighted by atomic mass is 10.1. The van der Waals surface area contributed by atoms with E-state index in [2.05, 4.69) is 10.6 Å². The predicted molar refractivity (Wildman–Crippen MR) is 70.2 cm³/mol. The van der Waals surface area contributed by atoms with Gasteiger partial charge in [0.25, 0.3) is 5.91 Å². The molecular weight excluding hydrogens is 231 g/mol. The number of carbonyl (C=O) groups is 1. The minimum absolute atomic E-state index is 0.213. The summed E-state index contributed by atoms with van der Waals surface area (Å²) in [6, 6.07) is 4.52. The summed E-state index contributed by atoms with van der Waals surface area (Å²) in [5, 5.41) is 5.57. The van der Waals surface area contributed by atoms with Crippen LogP contribution in [0.5, 0.6) is 0 Å². The SMILES string of the molecule is CNc1c(F)cccc1C(=O)NCCCC1CC1. The Hall–Kier alpha value is -1.58. The second kappa shape index (κ2) is 5.85. The molecule has 2 N–H and O–H groups in total. The molecule has 0 radical (unpaired) electrons. The lowest BCUT2D eigenvalue weighted by Gasteiger charge is -2.10. The van der Waals surface area contributed by atoms with Gasteiger partial charge in [-0.2, -0.15) is 0 Å². The van der Waals surface area contributed by atoms with Gasteiger partial charge >= 0.3 is 0 Å². The van der Waals surface area contributed by atoms with Gasteiger partial charge in [0.2, 0.25) is 0 Å². The van der Waals surface area contributed by atoms with Crippen LogP contribution in [0.2, 0.25) is 0 Å². The van der Waals surface area contributed by atoms with E-state index in [1.807, 2.05) is 0 Å². The van der Waals surface area contributed by atoms with Crippen molar-refractivity contribution in [2.75, 3.05) is 18.9 Å². The summed E-state index contributed by atoms with van der Waals surface area (Å²) in [4.78, 5) is 11.9. The average molecular weight is 250 g/mol. The molecule has 0 heterocycles. The van der Waals surface area contributed by atoms with Crippen LogP contribution in [0.1, 0.15) is 36.0 Å². The highest BCUT2D eigenvalue weighted by atomic mass is 19.1. The maximum Gasteiger partial charge on any atom is 0.253 e. The molecule has 1 aromatic rings. The molecule has 0 bridgehead atoms. The maximum atomic E-state index is 13.5. The maximum absolute atomic E-state index is 13.5. The van der Waals surface area contributed by atoms with Crippen LogP contribution in [0.25, 0.3) is 0 Å². The van der Waals surface area contributed by atoms with Crippen molar-refractivity contribution in [2.45, 2.75) is 25.7 Å². The van der Waals surface area contributed by atoms with E-state index in [0.29, 0.717) is 12.1 Å². The first-order chi connectivity index (χ1) is 8.72. The minimum atomic E-state index is -0.400. The van der Waals surface area contributed by atoms with E-state index in [9.17, 15) is 9.18 Å². The summed E-state index contributed by atoms with van der Waals surface area (Å²) in [7, 11) is 1.61. The Morgan fingerprint density at radius 3 is 2.89 bits per heavy atom. The monoisotopic (exact) mass is 250 g/mol. The van der Waals surface area contributed by atoms with Crippen molar-refractivity contribution in [3.8, 4) is 0 Å². The molecule has 1 aliphatic carbocycles. The number of rotatable bonds is 6. The van der Waals surface area contributed by atoms with Crippen molar-refractivity contribution >= 4 is 11.6 Å². The van der Waals surface area contributed by atoms with Crippen LogP contribution in [0, 0.1) is 11.7 Å². The van der Waals surface area contributed by atoms with Crippen molar-refractivity contribution in [2.24, 2.45) is 5.92 Å². The minimum Gasteiger partial charge on any atom is -0.385 e. The third-order valence-corrected chi connectivity index (χ3v) is 3.28. The Morgan fingerprint density at radius 1 is 1.44 bits per heavy atom. The third-order valence-electron chi connectivity index (χ3n) is 3.28. The van der Waals surface area contributed by atoms with E-state index in [0.717, 1.165) is 12.3 Å². The van der Waals surface area contributed by atoms with Crippen LogP contribution in [0.4, 0.5) is 10.1 Å². The molecule has 0 unspecified atom stereocenters. The normalized spacial score (nSPS) is 14.3. The number of halogens is 1. The molecule has 4 heteroatoms. The molecule has 0 aromatic heterocycles. The third kappa shape index (κ3) is 3.22. The number of benzene rings is 1. The number of nitrogens with one attached hydrogen (secondary N) is 2. The summed E-state index contributed by atoms with van der Waals surface area (Å²) in [6.07, 6.45) is 4.85. The lowest BCUT2D eigenvalue weighted by Crippen LogP contribution is -2.25. The molecule has 1 aromatic carbocycles. The van der Waals surface area contributed by atoms with Gasteiger partial charge < -0.3 is 10.6 Å². The molecule has 18 heavy (non-hydrogen) atoms. The number of hydrogen-bond acceptors (Lipinski definition) is 2. The highest BCUT2D eigenvalue weighted by Crippen LogP contribution is 2.33. The highest BCUT2D eigenvalue weighted by Gasteiger charge is 2.20. The van der Waals surface area contributed by atoms with E-state index in [-0.39, 0.29) is 11.6 Å². The predicted octanol–water partition coefficient (Wildman–Crippen LogP) is 2.79. The molecule has 1 fully saturated rings. The largest absolute Gasteiger partial charge is 0.385 e.